The Labute approximate surface area is 209 Å². The predicted octanol–water partition coefficient (Wildman–Crippen LogP) is 5.15. The van der Waals surface area contributed by atoms with Crippen molar-refractivity contribution in [3.63, 3.8) is 0 Å². The topological polar surface area (TPSA) is 84.9 Å². The van der Waals surface area contributed by atoms with E-state index in [1.165, 1.54) is 25.3 Å². The molecule has 1 aliphatic heterocycles. The minimum Gasteiger partial charge on any atom is -0.493 e. The standard InChI is InChI=1S/C26H20BrFN2O5/c1-15-4-3-5-19(10-15)30-25(32)20(24(31)29-26(30)33)11-17-12-21(27)23(22(13-17)34-2)35-14-16-6-8-18(28)9-7-16/h3-13H,14H2,1-2H3,(H,29,31,33)/b20-11+. The number of nitrogens with one attached hydrogen (secondary N) is 1. The van der Waals surface area contributed by atoms with Crippen LogP contribution in [-0.2, 0) is 16.2 Å². The molecule has 0 atom stereocenters. The number of methoxy groups -OCH3 is 1. The van der Waals surface area contributed by atoms with Gasteiger partial charge in [-0.15, -0.1) is 0 Å². The first-order valence-corrected chi connectivity index (χ1v) is 11.3. The van der Waals surface area contributed by atoms with Crippen LogP contribution >= 0.6 is 15.9 Å². The number of carbonyl (C=O) groups is 3. The normalized spacial score (nSPS) is 14.8. The molecule has 1 saturated heterocycles. The zero-order chi connectivity index (χ0) is 25.1. The highest BCUT2D eigenvalue weighted by molar-refractivity contribution is 9.10. The predicted molar refractivity (Wildman–Crippen MR) is 132 cm³/mol. The molecule has 1 fully saturated rings. The number of urea groups is 1. The fraction of sp³-hybridized carbons (Fsp3) is 0.115. The quantitative estimate of drug-likeness (QED) is 0.346. The van der Waals surface area contributed by atoms with Gasteiger partial charge < -0.3 is 9.47 Å². The van der Waals surface area contributed by atoms with Crippen molar-refractivity contribution in [1.29, 1.82) is 0 Å². The van der Waals surface area contributed by atoms with Gasteiger partial charge in [0.2, 0.25) is 0 Å². The second kappa shape index (κ2) is 10.1. The fourth-order valence-corrected chi connectivity index (χ4v) is 4.10. The largest absolute Gasteiger partial charge is 0.493 e. The van der Waals surface area contributed by atoms with E-state index in [1.54, 1.807) is 42.5 Å². The molecule has 0 saturated carbocycles. The summed E-state index contributed by atoms with van der Waals surface area (Å²) in [4.78, 5) is 39.0. The number of halogens is 2. The van der Waals surface area contributed by atoms with Crippen LogP contribution < -0.4 is 19.7 Å². The van der Waals surface area contributed by atoms with Crippen LogP contribution in [-0.4, -0.2) is 25.0 Å². The lowest BCUT2D eigenvalue weighted by atomic mass is 10.1. The van der Waals surface area contributed by atoms with Gasteiger partial charge in [-0.1, -0.05) is 24.3 Å². The van der Waals surface area contributed by atoms with E-state index in [9.17, 15) is 18.8 Å². The molecule has 1 N–H and O–H groups in total. The first-order valence-electron chi connectivity index (χ1n) is 10.5. The number of nitrogens with zero attached hydrogens (tertiary/aromatic N) is 1. The van der Waals surface area contributed by atoms with E-state index in [4.69, 9.17) is 9.47 Å². The molecule has 4 amide bonds. The molecule has 0 aromatic heterocycles. The number of hydrogen-bond acceptors (Lipinski definition) is 5. The van der Waals surface area contributed by atoms with Crippen LogP contribution in [0.5, 0.6) is 11.5 Å². The van der Waals surface area contributed by atoms with Gasteiger partial charge in [0, 0.05) is 0 Å². The van der Waals surface area contributed by atoms with Gasteiger partial charge in [0.05, 0.1) is 17.3 Å². The van der Waals surface area contributed by atoms with Crippen molar-refractivity contribution in [2.45, 2.75) is 13.5 Å². The average Bonchev–Trinajstić information content (AvgIpc) is 2.82. The summed E-state index contributed by atoms with van der Waals surface area (Å²) in [6.45, 7) is 2.01. The van der Waals surface area contributed by atoms with Crippen molar-refractivity contribution in [1.82, 2.24) is 5.32 Å². The number of benzene rings is 3. The lowest BCUT2D eigenvalue weighted by Gasteiger charge is -2.26. The highest BCUT2D eigenvalue weighted by Gasteiger charge is 2.36. The lowest BCUT2D eigenvalue weighted by molar-refractivity contribution is -0.122. The lowest BCUT2D eigenvalue weighted by Crippen LogP contribution is -2.54. The first-order chi connectivity index (χ1) is 16.8. The Kier molecular flexibility index (Phi) is 6.97. The molecular formula is C26H20BrFN2O5. The summed E-state index contributed by atoms with van der Waals surface area (Å²) in [5.41, 5.74) is 2.24. The van der Waals surface area contributed by atoms with Gasteiger partial charge in [0.1, 0.15) is 18.0 Å². The Morgan fingerprint density at radius 3 is 2.49 bits per heavy atom. The highest BCUT2D eigenvalue weighted by Crippen LogP contribution is 2.38. The van der Waals surface area contributed by atoms with Crippen LogP contribution in [0.3, 0.4) is 0 Å². The summed E-state index contributed by atoms with van der Waals surface area (Å²) in [5.74, 6) is -1.13. The molecule has 0 bridgehead atoms. The number of aryl methyl sites for hydroxylation is 1. The van der Waals surface area contributed by atoms with E-state index in [-0.39, 0.29) is 18.0 Å². The number of ether oxygens (including phenoxy) is 2. The van der Waals surface area contributed by atoms with Crippen LogP contribution in [0.25, 0.3) is 6.08 Å². The SMILES string of the molecule is COc1cc(/C=C2\C(=O)NC(=O)N(c3cccc(C)c3)C2=O)cc(Br)c1OCc1ccc(F)cc1. The van der Waals surface area contributed by atoms with Gasteiger partial charge in [0.25, 0.3) is 11.8 Å². The van der Waals surface area contributed by atoms with E-state index in [2.05, 4.69) is 21.2 Å². The highest BCUT2D eigenvalue weighted by atomic mass is 79.9. The summed E-state index contributed by atoms with van der Waals surface area (Å²) in [5, 5.41) is 2.21. The third-order valence-electron chi connectivity index (χ3n) is 5.22. The number of amides is 4. The van der Waals surface area contributed by atoms with Crippen LogP contribution in [0.1, 0.15) is 16.7 Å². The first kappa shape index (κ1) is 24.2. The summed E-state index contributed by atoms with van der Waals surface area (Å²) in [6.07, 6.45) is 1.38. The Hall–Kier alpha value is -3.98. The van der Waals surface area contributed by atoms with E-state index in [0.717, 1.165) is 16.0 Å². The van der Waals surface area contributed by atoms with Gasteiger partial charge in [-0.3, -0.25) is 14.9 Å². The van der Waals surface area contributed by atoms with Gasteiger partial charge in [-0.2, -0.15) is 0 Å². The van der Waals surface area contributed by atoms with E-state index >= 15 is 0 Å². The third-order valence-corrected chi connectivity index (χ3v) is 5.81. The molecular weight excluding hydrogens is 519 g/mol. The minimum atomic E-state index is -0.814. The maximum atomic E-state index is 13.1. The second-order valence-electron chi connectivity index (χ2n) is 7.75. The van der Waals surface area contributed by atoms with Crippen molar-refractivity contribution in [2.24, 2.45) is 0 Å². The Morgan fingerprint density at radius 2 is 1.80 bits per heavy atom. The Balaban J connectivity index is 1.64. The fourth-order valence-electron chi connectivity index (χ4n) is 3.52. The smallest absolute Gasteiger partial charge is 0.335 e. The van der Waals surface area contributed by atoms with E-state index < -0.39 is 17.8 Å². The van der Waals surface area contributed by atoms with Crippen LogP contribution in [0.2, 0.25) is 0 Å². The van der Waals surface area contributed by atoms with Gasteiger partial charge in [0.15, 0.2) is 11.5 Å². The van der Waals surface area contributed by atoms with Crippen molar-refractivity contribution in [2.75, 3.05) is 12.0 Å². The molecule has 35 heavy (non-hydrogen) atoms. The molecule has 9 heteroatoms. The number of barbiturate groups is 1. The van der Waals surface area contributed by atoms with Crippen molar-refractivity contribution < 1.29 is 28.2 Å². The zero-order valence-corrected chi connectivity index (χ0v) is 20.4. The molecule has 7 nitrogen and oxygen atoms in total. The molecule has 1 heterocycles. The van der Waals surface area contributed by atoms with E-state index in [1.807, 2.05) is 13.0 Å². The number of anilines is 1. The molecule has 1 aliphatic rings. The molecule has 0 radical (unpaired) electrons. The molecule has 3 aromatic rings. The average molecular weight is 539 g/mol. The van der Waals surface area contributed by atoms with Crippen LogP contribution in [0.15, 0.2) is 70.7 Å². The van der Waals surface area contributed by atoms with Crippen LogP contribution in [0.4, 0.5) is 14.9 Å². The molecule has 3 aromatic carbocycles. The number of imide groups is 2. The summed E-state index contributed by atoms with van der Waals surface area (Å²) in [6, 6.07) is 15.2. The maximum absolute atomic E-state index is 13.1. The Morgan fingerprint density at radius 1 is 1.06 bits per heavy atom. The number of hydrogen-bond donors (Lipinski definition) is 1. The summed E-state index contributed by atoms with van der Waals surface area (Å²) >= 11 is 3.44. The molecule has 0 unspecified atom stereocenters. The van der Waals surface area contributed by atoms with Gasteiger partial charge >= 0.3 is 6.03 Å². The summed E-state index contributed by atoms with van der Waals surface area (Å²) in [7, 11) is 1.46. The monoisotopic (exact) mass is 538 g/mol. The third kappa shape index (κ3) is 5.25. The number of carbonyl (C=O) groups excluding carboxylic acids is 3. The van der Waals surface area contributed by atoms with Crippen molar-refractivity contribution >= 4 is 45.5 Å². The summed E-state index contributed by atoms with van der Waals surface area (Å²) < 4.78 is 25.0. The van der Waals surface area contributed by atoms with Crippen molar-refractivity contribution in [3.05, 3.63) is 93.2 Å². The van der Waals surface area contributed by atoms with Crippen LogP contribution in [0, 0.1) is 12.7 Å². The maximum Gasteiger partial charge on any atom is 0.335 e. The molecule has 0 spiro atoms. The molecule has 178 valence electrons. The molecule has 4 rings (SSSR count). The van der Waals surface area contributed by atoms with Gasteiger partial charge in [-0.05, 0) is 82.0 Å². The Bertz CT molecular complexity index is 1350. The molecule has 0 aliphatic carbocycles. The van der Waals surface area contributed by atoms with Crippen molar-refractivity contribution in [3.8, 4) is 11.5 Å². The minimum absolute atomic E-state index is 0.171. The zero-order valence-electron chi connectivity index (χ0n) is 18.8. The van der Waals surface area contributed by atoms with E-state index in [0.29, 0.717) is 27.2 Å². The number of rotatable bonds is 6. The van der Waals surface area contributed by atoms with Gasteiger partial charge in [-0.25, -0.2) is 14.1 Å². The second-order valence-corrected chi connectivity index (χ2v) is 8.60.